The van der Waals surface area contributed by atoms with Gasteiger partial charge in [0.2, 0.25) is 0 Å². The fourth-order valence-electron chi connectivity index (χ4n) is 2.95. The van der Waals surface area contributed by atoms with Gasteiger partial charge in [0.05, 0.1) is 16.6 Å². The number of rotatable bonds is 2. The summed E-state index contributed by atoms with van der Waals surface area (Å²) in [6, 6.07) is 24.3. The Balaban J connectivity index is 1.72. The van der Waals surface area contributed by atoms with E-state index >= 15 is 0 Å². The Bertz CT molecular complexity index is 1140. The zero-order valence-corrected chi connectivity index (χ0v) is 12.2. The van der Waals surface area contributed by atoms with Crippen molar-refractivity contribution in [3.63, 3.8) is 0 Å². The molecule has 0 fully saturated rings. The largest absolute Gasteiger partial charge is 0.423 e. The molecule has 110 valence electrons. The highest BCUT2D eigenvalue weighted by atomic mass is 16.4. The van der Waals surface area contributed by atoms with E-state index < -0.39 is 0 Å². The van der Waals surface area contributed by atoms with Crippen molar-refractivity contribution in [3.8, 4) is 0 Å². The van der Waals surface area contributed by atoms with E-state index in [-0.39, 0.29) is 0 Å². The van der Waals surface area contributed by atoms with Crippen LogP contribution in [-0.4, -0.2) is 9.38 Å². The monoisotopic (exact) mass is 299 g/mol. The molecule has 0 aliphatic carbocycles. The molecule has 0 saturated carbocycles. The van der Waals surface area contributed by atoms with Crippen molar-refractivity contribution >= 4 is 39.4 Å². The van der Waals surface area contributed by atoms with Crippen molar-refractivity contribution in [2.24, 2.45) is 0 Å². The Labute approximate surface area is 132 Å². The van der Waals surface area contributed by atoms with Gasteiger partial charge in [-0.2, -0.15) is 4.98 Å². The Morgan fingerprint density at radius 3 is 2.52 bits per heavy atom. The molecule has 23 heavy (non-hydrogen) atoms. The van der Waals surface area contributed by atoms with E-state index in [0.29, 0.717) is 5.84 Å². The molecule has 4 heteroatoms. The first-order valence-corrected chi connectivity index (χ1v) is 7.50. The lowest BCUT2D eigenvalue weighted by molar-refractivity contribution is 0.643. The maximum Gasteiger partial charge on any atom is 0.307 e. The van der Waals surface area contributed by atoms with Crippen LogP contribution >= 0.6 is 0 Å². The summed E-state index contributed by atoms with van der Waals surface area (Å²) >= 11 is 0. The molecule has 5 aromatic rings. The van der Waals surface area contributed by atoms with Crippen molar-refractivity contribution < 1.29 is 4.42 Å². The number of hydrogen-bond acceptors (Lipinski definition) is 3. The molecule has 0 aliphatic rings. The number of imidazole rings is 1. The summed E-state index contributed by atoms with van der Waals surface area (Å²) < 4.78 is 7.88. The second kappa shape index (κ2) is 4.61. The third kappa shape index (κ3) is 1.89. The summed E-state index contributed by atoms with van der Waals surface area (Å²) in [5.74, 6) is 0.623. The summed E-state index contributed by atoms with van der Waals surface area (Å²) in [5, 5.41) is 3.42. The lowest BCUT2D eigenvalue weighted by Gasteiger charge is -2.06. The quantitative estimate of drug-likeness (QED) is 0.500. The molecule has 0 amide bonds. The Hall–Kier alpha value is -3.27. The van der Waals surface area contributed by atoms with Gasteiger partial charge in [-0.1, -0.05) is 30.3 Å². The third-order valence-electron chi connectivity index (χ3n) is 3.99. The van der Waals surface area contributed by atoms with E-state index in [9.17, 15) is 0 Å². The lowest BCUT2D eigenvalue weighted by Crippen LogP contribution is -1.90. The van der Waals surface area contributed by atoms with Crippen LogP contribution in [0.1, 0.15) is 0 Å². The fraction of sp³-hybridized carbons (Fsp3) is 0. The molecule has 0 radical (unpaired) electrons. The molecule has 2 aromatic heterocycles. The van der Waals surface area contributed by atoms with Crippen LogP contribution in [0.5, 0.6) is 0 Å². The van der Waals surface area contributed by atoms with Crippen LogP contribution in [0.4, 0.5) is 11.4 Å². The van der Waals surface area contributed by atoms with Gasteiger partial charge in [0.15, 0.2) is 5.58 Å². The van der Waals surface area contributed by atoms with Crippen molar-refractivity contribution in [1.82, 2.24) is 9.38 Å². The number of oxazole rings is 1. The Kier molecular flexibility index (Phi) is 2.46. The fourth-order valence-corrected chi connectivity index (χ4v) is 2.95. The topological polar surface area (TPSA) is 42.5 Å². The summed E-state index contributed by atoms with van der Waals surface area (Å²) in [6.07, 6.45) is 0. The van der Waals surface area contributed by atoms with Crippen molar-refractivity contribution in [2.45, 2.75) is 0 Å². The first-order chi connectivity index (χ1) is 11.4. The predicted molar refractivity (Wildman–Crippen MR) is 92.2 cm³/mol. The molecule has 2 heterocycles. The molecular weight excluding hydrogens is 286 g/mol. The van der Waals surface area contributed by atoms with Crippen LogP contribution in [0.15, 0.2) is 77.2 Å². The smallest absolute Gasteiger partial charge is 0.307 e. The van der Waals surface area contributed by atoms with Crippen LogP contribution < -0.4 is 5.32 Å². The average Bonchev–Trinajstić information content (AvgIpc) is 3.11. The van der Waals surface area contributed by atoms with E-state index in [2.05, 4.69) is 20.8 Å². The zero-order chi connectivity index (χ0) is 15.2. The zero-order valence-electron chi connectivity index (χ0n) is 12.2. The van der Waals surface area contributed by atoms with Crippen LogP contribution in [0.3, 0.4) is 0 Å². The summed E-state index contributed by atoms with van der Waals surface area (Å²) in [5.41, 5.74) is 5.92. The summed E-state index contributed by atoms with van der Waals surface area (Å²) in [4.78, 5) is 4.57. The van der Waals surface area contributed by atoms with Gasteiger partial charge >= 0.3 is 5.84 Å². The van der Waals surface area contributed by atoms with Crippen LogP contribution in [0.25, 0.3) is 28.0 Å². The van der Waals surface area contributed by atoms with Gasteiger partial charge in [-0.15, -0.1) is 0 Å². The molecule has 0 aliphatic heterocycles. The second-order valence-corrected chi connectivity index (χ2v) is 5.49. The minimum Gasteiger partial charge on any atom is -0.423 e. The van der Waals surface area contributed by atoms with Crippen molar-refractivity contribution in [2.75, 3.05) is 5.32 Å². The minimum absolute atomic E-state index is 0.623. The highest BCUT2D eigenvalue weighted by Gasteiger charge is 2.12. The maximum absolute atomic E-state index is 5.83. The molecule has 0 unspecified atom stereocenters. The number of hydrogen-bond donors (Lipinski definition) is 1. The van der Waals surface area contributed by atoms with Gasteiger partial charge in [0.25, 0.3) is 0 Å². The average molecular weight is 299 g/mol. The SMILES string of the molecule is c1ccc(Nc2ccc3nc4oc5ccccc5n4c3c2)cc1. The van der Waals surface area contributed by atoms with Gasteiger partial charge in [-0.05, 0) is 42.5 Å². The number of para-hydroxylation sites is 3. The maximum atomic E-state index is 5.83. The first kappa shape index (κ1) is 12.3. The van der Waals surface area contributed by atoms with Gasteiger partial charge < -0.3 is 9.73 Å². The van der Waals surface area contributed by atoms with Crippen LogP contribution in [0, 0.1) is 0 Å². The number of nitrogens with zero attached hydrogens (tertiary/aromatic N) is 2. The molecule has 5 rings (SSSR count). The van der Waals surface area contributed by atoms with Gasteiger partial charge in [0, 0.05) is 11.4 Å². The molecule has 0 atom stereocenters. The van der Waals surface area contributed by atoms with E-state index in [1.807, 2.05) is 66.7 Å². The molecule has 0 saturated heterocycles. The number of fused-ring (bicyclic) bond motifs is 5. The minimum atomic E-state index is 0.623. The number of aromatic nitrogens is 2. The molecule has 0 bridgehead atoms. The van der Waals surface area contributed by atoms with Gasteiger partial charge in [0.1, 0.15) is 0 Å². The second-order valence-electron chi connectivity index (χ2n) is 5.49. The van der Waals surface area contributed by atoms with Crippen LogP contribution in [0.2, 0.25) is 0 Å². The molecular formula is C19H13N3O. The van der Waals surface area contributed by atoms with Gasteiger partial charge in [-0.3, -0.25) is 4.40 Å². The van der Waals surface area contributed by atoms with E-state index in [0.717, 1.165) is 33.5 Å². The van der Waals surface area contributed by atoms with Gasteiger partial charge in [-0.25, -0.2) is 0 Å². The third-order valence-corrected chi connectivity index (χ3v) is 3.99. The van der Waals surface area contributed by atoms with E-state index in [1.165, 1.54) is 0 Å². The number of anilines is 2. The summed E-state index contributed by atoms with van der Waals surface area (Å²) in [6.45, 7) is 0. The normalized spacial score (nSPS) is 11.5. The predicted octanol–water partition coefficient (Wildman–Crippen LogP) is 4.98. The highest BCUT2D eigenvalue weighted by molar-refractivity contribution is 5.90. The number of benzene rings is 3. The highest BCUT2D eigenvalue weighted by Crippen LogP contribution is 2.28. The van der Waals surface area contributed by atoms with Crippen molar-refractivity contribution in [3.05, 3.63) is 72.8 Å². The molecule has 3 aromatic carbocycles. The van der Waals surface area contributed by atoms with Crippen LogP contribution in [-0.2, 0) is 0 Å². The lowest BCUT2D eigenvalue weighted by atomic mass is 10.2. The van der Waals surface area contributed by atoms with E-state index in [1.54, 1.807) is 0 Å². The number of nitrogens with one attached hydrogen (secondary N) is 1. The molecule has 1 N–H and O–H groups in total. The van der Waals surface area contributed by atoms with Crippen molar-refractivity contribution in [1.29, 1.82) is 0 Å². The molecule has 0 spiro atoms. The molecule has 4 nitrogen and oxygen atoms in total. The standard InChI is InChI=1S/C19H13N3O/c1-2-6-13(7-3-1)20-14-10-11-15-17(12-14)22-16-8-4-5-9-18(16)23-19(22)21-15/h1-12,20H. The Morgan fingerprint density at radius 1 is 0.783 bits per heavy atom. The van der Waals surface area contributed by atoms with E-state index in [4.69, 9.17) is 4.42 Å². The first-order valence-electron chi connectivity index (χ1n) is 7.50. The summed E-state index contributed by atoms with van der Waals surface area (Å²) in [7, 11) is 0. The Morgan fingerprint density at radius 2 is 1.61 bits per heavy atom.